The standard InChI is InChI=1S/C16H17F3N4/c1-9-8-13(22-12-7-6-11(17)14(18)15(12)19)23-16(20-9)21-10-4-2-3-5-10/h6-8,10H,2-5H2,1H3,(H2,20,21,22,23). The summed E-state index contributed by atoms with van der Waals surface area (Å²) in [6.45, 7) is 1.79. The van der Waals surface area contributed by atoms with Crippen LogP contribution < -0.4 is 10.6 Å². The highest BCUT2D eigenvalue weighted by Crippen LogP contribution is 2.25. The number of halogens is 3. The number of rotatable bonds is 4. The Morgan fingerprint density at radius 2 is 1.78 bits per heavy atom. The summed E-state index contributed by atoms with van der Waals surface area (Å²) in [5.74, 6) is -3.24. The Balaban J connectivity index is 1.82. The first-order valence-corrected chi connectivity index (χ1v) is 7.55. The Morgan fingerprint density at radius 1 is 1.04 bits per heavy atom. The van der Waals surface area contributed by atoms with Crippen molar-refractivity contribution in [3.63, 3.8) is 0 Å². The SMILES string of the molecule is Cc1cc(Nc2ccc(F)c(F)c2F)nc(NC2CCCC2)n1. The predicted octanol–water partition coefficient (Wildman–Crippen LogP) is 4.30. The molecule has 1 saturated carbocycles. The molecule has 3 rings (SSSR count). The lowest BCUT2D eigenvalue weighted by molar-refractivity contribution is 0.449. The summed E-state index contributed by atoms with van der Waals surface area (Å²) in [5.41, 5.74) is 0.514. The van der Waals surface area contributed by atoms with E-state index in [-0.39, 0.29) is 5.69 Å². The second kappa shape index (κ2) is 6.44. The molecule has 0 amide bonds. The zero-order valence-electron chi connectivity index (χ0n) is 12.7. The van der Waals surface area contributed by atoms with Gasteiger partial charge in [0.15, 0.2) is 17.5 Å². The topological polar surface area (TPSA) is 49.8 Å². The van der Waals surface area contributed by atoms with Crippen molar-refractivity contribution < 1.29 is 13.2 Å². The van der Waals surface area contributed by atoms with Crippen LogP contribution in [0.15, 0.2) is 18.2 Å². The molecule has 1 heterocycles. The van der Waals surface area contributed by atoms with Crippen molar-refractivity contribution in [3.05, 3.63) is 41.3 Å². The molecule has 122 valence electrons. The Kier molecular flexibility index (Phi) is 4.36. The van der Waals surface area contributed by atoms with Gasteiger partial charge in [0, 0.05) is 17.8 Å². The van der Waals surface area contributed by atoms with Crippen LogP contribution >= 0.6 is 0 Å². The highest BCUT2D eigenvalue weighted by molar-refractivity contribution is 5.58. The Hall–Kier alpha value is -2.31. The fraction of sp³-hybridized carbons (Fsp3) is 0.375. The third-order valence-electron chi connectivity index (χ3n) is 3.84. The normalized spacial score (nSPS) is 15.0. The van der Waals surface area contributed by atoms with E-state index in [1.165, 1.54) is 12.8 Å². The van der Waals surface area contributed by atoms with Gasteiger partial charge in [-0.3, -0.25) is 0 Å². The number of hydrogen-bond acceptors (Lipinski definition) is 4. The Bertz CT molecular complexity index is 715. The average Bonchev–Trinajstić information content (AvgIpc) is 3.00. The Morgan fingerprint density at radius 3 is 2.52 bits per heavy atom. The van der Waals surface area contributed by atoms with Crippen LogP contribution in [-0.4, -0.2) is 16.0 Å². The van der Waals surface area contributed by atoms with Crippen LogP contribution in [0, 0.1) is 24.4 Å². The van der Waals surface area contributed by atoms with Crippen molar-refractivity contribution in [2.45, 2.75) is 38.6 Å². The van der Waals surface area contributed by atoms with Crippen molar-refractivity contribution in [1.82, 2.24) is 9.97 Å². The second-order valence-electron chi connectivity index (χ2n) is 5.69. The van der Waals surface area contributed by atoms with Crippen LogP contribution in [0.3, 0.4) is 0 Å². The first kappa shape index (κ1) is 15.6. The molecular weight excluding hydrogens is 305 g/mol. The minimum atomic E-state index is -1.51. The van der Waals surface area contributed by atoms with Gasteiger partial charge in [-0.2, -0.15) is 4.98 Å². The van der Waals surface area contributed by atoms with Crippen molar-refractivity contribution in [3.8, 4) is 0 Å². The van der Waals surface area contributed by atoms with Gasteiger partial charge in [0.1, 0.15) is 5.82 Å². The van der Waals surface area contributed by atoms with Gasteiger partial charge < -0.3 is 10.6 Å². The molecule has 1 aliphatic rings. The molecule has 7 heteroatoms. The van der Waals surface area contributed by atoms with E-state index < -0.39 is 17.5 Å². The first-order chi connectivity index (χ1) is 11.0. The van der Waals surface area contributed by atoms with Crippen molar-refractivity contribution in [1.29, 1.82) is 0 Å². The summed E-state index contributed by atoms with van der Waals surface area (Å²) >= 11 is 0. The minimum absolute atomic E-state index is 0.172. The highest BCUT2D eigenvalue weighted by atomic mass is 19.2. The lowest BCUT2D eigenvalue weighted by atomic mass is 10.2. The van der Waals surface area contributed by atoms with E-state index in [1.54, 1.807) is 13.0 Å². The van der Waals surface area contributed by atoms with Gasteiger partial charge in [0.25, 0.3) is 0 Å². The van der Waals surface area contributed by atoms with Gasteiger partial charge in [-0.05, 0) is 31.9 Å². The van der Waals surface area contributed by atoms with Crippen molar-refractivity contribution in [2.24, 2.45) is 0 Å². The smallest absolute Gasteiger partial charge is 0.225 e. The van der Waals surface area contributed by atoms with E-state index in [1.807, 2.05) is 0 Å². The fourth-order valence-electron chi connectivity index (χ4n) is 2.71. The minimum Gasteiger partial charge on any atom is -0.351 e. The fourth-order valence-corrected chi connectivity index (χ4v) is 2.71. The van der Waals surface area contributed by atoms with Crippen LogP contribution in [0.1, 0.15) is 31.4 Å². The lowest BCUT2D eigenvalue weighted by Crippen LogP contribution is -2.17. The molecule has 1 aromatic heterocycles. The molecule has 0 atom stereocenters. The summed E-state index contributed by atoms with van der Waals surface area (Å²) in [6.07, 6.45) is 4.49. The predicted molar refractivity (Wildman–Crippen MR) is 82.2 cm³/mol. The molecule has 0 saturated heterocycles. The molecule has 23 heavy (non-hydrogen) atoms. The van der Waals surface area contributed by atoms with Gasteiger partial charge in [-0.15, -0.1) is 0 Å². The average molecular weight is 322 g/mol. The monoisotopic (exact) mass is 322 g/mol. The molecule has 2 N–H and O–H groups in total. The summed E-state index contributed by atoms with van der Waals surface area (Å²) in [7, 11) is 0. The van der Waals surface area contributed by atoms with Gasteiger partial charge >= 0.3 is 0 Å². The molecule has 1 aliphatic carbocycles. The van der Waals surface area contributed by atoms with E-state index in [4.69, 9.17) is 0 Å². The van der Waals surface area contributed by atoms with Crippen LogP contribution in [0.4, 0.5) is 30.6 Å². The van der Waals surface area contributed by atoms with Gasteiger partial charge in [-0.25, -0.2) is 18.2 Å². The van der Waals surface area contributed by atoms with E-state index in [0.717, 1.165) is 25.0 Å². The van der Waals surface area contributed by atoms with Crippen LogP contribution in [0.2, 0.25) is 0 Å². The quantitative estimate of drug-likeness (QED) is 0.824. The third-order valence-corrected chi connectivity index (χ3v) is 3.84. The molecule has 4 nitrogen and oxygen atoms in total. The van der Waals surface area contributed by atoms with Crippen LogP contribution in [0.5, 0.6) is 0 Å². The van der Waals surface area contributed by atoms with E-state index in [2.05, 4.69) is 20.6 Å². The number of nitrogens with one attached hydrogen (secondary N) is 2. The van der Waals surface area contributed by atoms with Crippen molar-refractivity contribution >= 4 is 17.5 Å². The van der Waals surface area contributed by atoms with E-state index in [0.29, 0.717) is 23.5 Å². The first-order valence-electron chi connectivity index (χ1n) is 7.55. The maximum Gasteiger partial charge on any atom is 0.225 e. The summed E-state index contributed by atoms with van der Waals surface area (Å²) < 4.78 is 40.0. The van der Waals surface area contributed by atoms with E-state index >= 15 is 0 Å². The maximum absolute atomic E-state index is 13.7. The molecule has 2 aromatic rings. The number of anilines is 3. The van der Waals surface area contributed by atoms with Gasteiger partial charge in [0.2, 0.25) is 5.95 Å². The number of benzene rings is 1. The molecule has 0 spiro atoms. The largest absolute Gasteiger partial charge is 0.351 e. The molecule has 0 unspecified atom stereocenters. The van der Waals surface area contributed by atoms with Crippen molar-refractivity contribution in [2.75, 3.05) is 10.6 Å². The second-order valence-corrected chi connectivity index (χ2v) is 5.69. The third kappa shape index (κ3) is 3.55. The molecular formula is C16H17F3N4. The molecule has 0 radical (unpaired) electrons. The number of nitrogens with zero attached hydrogens (tertiary/aromatic N) is 2. The van der Waals surface area contributed by atoms with Gasteiger partial charge in [-0.1, -0.05) is 12.8 Å². The number of aryl methyl sites for hydroxylation is 1. The summed E-state index contributed by atoms with van der Waals surface area (Å²) in [6, 6.07) is 3.95. The van der Waals surface area contributed by atoms with Gasteiger partial charge in [0.05, 0.1) is 5.69 Å². The van der Waals surface area contributed by atoms with Crippen LogP contribution in [-0.2, 0) is 0 Å². The number of aromatic nitrogens is 2. The number of hydrogen-bond donors (Lipinski definition) is 2. The van der Waals surface area contributed by atoms with E-state index in [9.17, 15) is 13.2 Å². The molecule has 0 aliphatic heterocycles. The summed E-state index contributed by atoms with van der Waals surface area (Å²) in [4.78, 5) is 8.57. The molecule has 0 bridgehead atoms. The zero-order valence-corrected chi connectivity index (χ0v) is 12.7. The lowest BCUT2D eigenvalue weighted by Gasteiger charge is -2.14. The highest BCUT2D eigenvalue weighted by Gasteiger charge is 2.17. The summed E-state index contributed by atoms with van der Waals surface area (Å²) in [5, 5.41) is 5.93. The molecule has 1 fully saturated rings. The van der Waals surface area contributed by atoms with Crippen LogP contribution in [0.25, 0.3) is 0 Å². The maximum atomic E-state index is 13.7. The Labute approximate surface area is 132 Å². The zero-order chi connectivity index (χ0) is 16.4. The molecule has 1 aromatic carbocycles.